The fraction of sp³-hybridized carbons (Fsp3) is 0.400. The first kappa shape index (κ1) is 22.0. The number of aromatic hydroxyl groups is 3. The zero-order valence-electron chi connectivity index (χ0n) is 14.1. The molecule has 27 heavy (non-hydrogen) atoms. The summed E-state index contributed by atoms with van der Waals surface area (Å²) in [6.07, 6.45) is -9.66. The molecule has 0 aliphatic rings. The summed E-state index contributed by atoms with van der Waals surface area (Å²) in [5.41, 5.74) is -0.826. The van der Waals surface area contributed by atoms with E-state index in [1.807, 2.05) is 0 Å². The number of carboxylic acids is 1. The van der Waals surface area contributed by atoms with Crippen LogP contribution in [0.25, 0.3) is 0 Å². The number of ether oxygens (including phenoxy) is 2. The maximum Gasteiger partial charge on any atom is 0.347 e. The molecule has 0 heterocycles. The number of rotatable bonds is 7. The quantitative estimate of drug-likeness (QED) is 0.198. The van der Waals surface area contributed by atoms with Crippen LogP contribution in [0.4, 0.5) is 0 Å². The smallest absolute Gasteiger partial charge is 0.347 e. The Hall–Kier alpha value is -3.09. The highest BCUT2D eigenvalue weighted by Crippen LogP contribution is 2.39. The molecule has 0 spiro atoms. The lowest BCUT2D eigenvalue weighted by atomic mass is 10.0. The minimum atomic E-state index is -2.47. The van der Waals surface area contributed by atoms with Gasteiger partial charge in [-0.2, -0.15) is 0 Å². The first-order valence-corrected chi connectivity index (χ1v) is 7.24. The number of hydrogen-bond acceptors (Lipinski definition) is 11. The van der Waals surface area contributed by atoms with Crippen molar-refractivity contribution in [1.29, 1.82) is 0 Å². The average Bonchev–Trinajstić information content (AvgIpc) is 2.61. The molecule has 0 unspecified atom stereocenters. The van der Waals surface area contributed by atoms with Gasteiger partial charge >= 0.3 is 17.9 Å². The van der Waals surface area contributed by atoms with Gasteiger partial charge in [0, 0.05) is 0 Å². The van der Waals surface area contributed by atoms with E-state index in [1.165, 1.54) is 6.92 Å². The van der Waals surface area contributed by atoms with Crippen LogP contribution < -0.4 is 0 Å². The van der Waals surface area contributed by atoms with E-state index in [-0.39, 0.29) is 5.56 Å². The molecule has 12 nitrogen and oxygen atoms in total. The summed E-state index contributed by atoms with van der Waals surface area (Å²) < 4.78 is 8.67. The maximum atomic E-state index is 12.2. The molecule has 4 atom stereocenters. The number of carboxylic acid groups (broad SMARTS) is 1. The largest absolute Gasteiger partial charge is 0.504 e. The van der Waals surface area contributed by atoms with Crippen LogP contribution in [0.5, 0.6) is 17.2 Å². The van der Waals surface area contributed by atoms with Crippen LogP contribution in [0.3, 0.4) is 0 Å². The van der Waals surface area contributed by atoms with Crippen molar-refractivity contribution in [3.8, 4) is 17.2 Å². The highest BCUT2D eigenvalue weighted by Gasteiger charge is 2.42. The Bertz CT molecular complexity index is 743. The first-order chi connectivity index (χ1) is 12.4. The van der Waals surface area contributed by atoms with Gasteiger partial charge in [-0.15, -0.1) is 0 Å². The van der Waals surface area contributed by atoms with Gasteiger partial charge in [-0.1, -0.05) is 0 Å². The Balaban J connectivity index is 3.15. The zero-order chi connectivity index (χ0) is 21.0. The van der Waals surface area contributed by atoms with Gasteiger partial charge in [0.25, 0.3) is 0 Å². The van der Waals surface area contributed by atoms with Gasteiger partial charge in [0.2, 0.25) is 11.9 Å². The number of carbonyl (C=O) groups is 3. The van der Waals surface area contributed by atoms with E-state index in [0.29, 0.717) is 0 Å². The number of methoxy groups -OCH3 is 1. The van der Waals surface area contributed by atoms with E-state index >= 15 is 0 Å². The molecule has 1 aromatic carbocycles. The third-order valence-corrected chi connectivity index (χ3v) is 3.56. The molecule has 0 fully saturated rings. The average molecular weight is 390 g/mol. The standard InChI is InChI=1S/C15H18O12/c1-4-3-5(16)7(17)8(18)6(4)14(24)27-12(13(22)23)10(20)9(19)11(21)15(25)26-2/h3,9-12,16-21H,1-2H3,(H,22,23)/t9-,10+,11+,12-/m1/s1. The first-order valence-electron chi connectivity index (χ1n) is 7.24. The molecule has 0 bridgehead atoms. The molecule has 0 saturated heterocycles. The summed E-state index contributed by atoms with van der Waals surface area (Å²) in [5.74, 6) is -7.80. The van der Waals surface area contributed by atoms with Crippen LogP contribution in [0.15, 0.2) is 6.07 Å². The lowest BCUT2D eigenvalue weighted by Gasteiger charge is -2.26. The zero-order valence-corrected chi connectivity index (χ0v) is 14.1. The molecule has 0 aromatic heterocycles. The summed E-state index contributed by atoms with van der Waals surface area (Å²) >= 11 is 0. The van der Waals surface area contributed by atoms with Crippen molar-refractivity contribution in [3.63, 3.8) is 0 Å². The van der Waals surface area contributed by atoms with Gasteiger partial charge < -0.3 is 45.2 Å². The number of phenols is 3. The number of phenolic OH excluding ortho intramolecular Hbond substituents is 3. The Labute approximate surface area is 151 Å². The predicted octanol–water partition coefficient (Wildman–Crippen LogP) is -2.02. The Morgan fingerprint density at radius 2 is 1.56 bits per heavy atom. The fourth-order valence-corrected chi connectivity index (χ4v) is 2.10. The number of aliphatic hydroxyl groups excluding tert-OH is 3. The van der Waals surface area contributed by atoms with Gasteiger partial charge in [-0.05, 0) is 18.6 Å². The SMILES string of the molecule is COC(=O)[C@@H](O)[C@H](O)[C@H](O)[C@@H](OC(=O)c1c(C)cc(O)c(O)c1O)C(=O)O. The van der Waals surface area contributed by atoms with Crippen molar-refractivity contribution in [2.45, 2.75) is 31.3 Å². The van der Waals surface area contributed by atoms with Crippen molar-refractivity contribution in [2.24, 2.45) is 0 Å². The number of carbonyl (C=O) groups excluding carboxylic acids is 2. The molecule has 12 heteroatoms. The van der Waals surface area contributed by atoms with Gasteiger partial charge in [-0.3, -0.25) is 0 Å². The van der Waals surface area contributed by atoms with Gasteiger partial charge in [0.05, 0.1) is 7.11 Å². The molecule has 0 radical (unpaired) electrons. The van der Waals surface area contributed by atoms with E-state index in [2.05, 4.69) is 9.47 Å². The molecule has 0 aliphatic heterocycles. The lowest BCUT2D eigenvalue weighted by Crippen LogP contribution is -2.51. The van der Waals surface area contributed by atoms with Crippen LogP contribution in [0.1, 0.15) is 15.9 Å². The summed E-state index contributed by atoms with van der Waals surface area (Å²) in [4.78, 5) is 34.6. The molecule has 1 rings (SSSR count). The minimum Gasteiger partial charge on any atom is -0.504 e. The van der Waals surface area contributed by atoms with Crippen LogP contribution in [0.2, 0.25) is 0 Å². The Morgan fingerprint density at radius 3 is 2.04 bits per heavy atom. The number of benzene rings is 1. The Kier molecular flexibility index (Phi) is 6.93. The predicted molar refractivity (Wildman–Crippen MR) is 83.0 cm³/mol. The third-order valence-electron chi connectivity index (χ3n) is 3.56. The number of aliphatic carboxylic acids is 1. The summed E-state index contributed by atoms with van der Waals surface area (Å²) in [6.45, 7) is 1.22. The van der Waals surface area contributed by atoms with Gasteiger partial charge in [0.1, 0.15) is 17.8 Å². The lowest BCUT2D eigenvalue weighted by molar-refractivity contribution is -0.174. The topological polar surface area (TPSA) is 211 Å². The van der Waals surface area contributed by atoms with Crippen molar-refractivity contribution in [3.05, 3.63) is 17.2 Å². The molecular formula is C15H18O12. The second-order valence-corrected chi connectivity index (χ2v) is 5.40. The van der Waals surface area contributed by atoms with Gasteiger partial charge in [-0.25, -0.2) is 14.4 Å². The maximum absolute atomic E-state index is 12.2. The summed E-state index contributed by atoms with van der Waals surface area (Å²) in [7, 11) is 0.863. The normalized spacial score (nSPS) is 15.3. The van der Waals surface area contributed by atoms with E-state index in [0.717, 1.165) is 13.2 Å². The summed E-state index contributed by atoms with van der Waals surface area (Å²) in [5, 5.41) is 66.7. The highest BCUT2D eigenvalue weighted by atomic mass is 16.6. The van der Waals surface area contributed by atoms with Crippen molar-refractivity contribution in [2.75, 3.05) is 7.11 Å². The Morgan fingerprint density at radius 1 is 1.00 bits per heavy atom. The van der Waals surface area contributed by atoms with Gasteiger partial charge in [0.15, 0.2) is 17.6 Å². The number of aryl methyl sites for hydroxylation is 1. The fourth-order valence-electron chi connectivity index (χ4n) is 2.10. The van der Waals surface area contributed by atoms with Crippen molar-refractivity contribution < 1.29 is 59.6 Å². The van der Waals surface area contributed by atoms with Crippen molar-refractivity contribution >= 4 is 17.9 Å². The monoisotopic (exact) mass is 390 g/mol. The molecule has 1 aromatic rings. The van der Waals surface area contributed by atoms with E-state index < -0.39 is 65.1 Å². The molecule has 0 amide bonds. The molecule has 0 aliphatic carbocycles. The summed E-state index contributed by atoms with van der Waals surface area (Å²) in [6, 6.07) is 0.883. The second kappa shape index (κ2) is 8.53. The third kappa shape index (κ3) is 4.55. The van der Waals surface area contributed by atoms with E-state index in [9.17, 15) is 45.0 Å². The number of aliphatic hydroxyl groups is 3. The van der Waals surface area contributed by atoms with Crippen molar-refractivity contribution in [1.82, 2.24) is 0 Å². The molecule has 0 saturated carbocycles. The number of esters is 2. The van der Waals surface area contributed by atoms with Crippen LogP contribution >= 0.6 is 0 Å². The molecule has 150 valence electrons. The van der Waals surface area contributed by atoms with Crippen LogP contribution in [-0.2, 0) is 19.1 Å². The second-order valence-electron chi connectivity index (χ2n) is 5.40. The highest BCUT2D eigenvalue weighted by molar-refractivity contribution is 5.97. The van der Waals surface area contributed by atoms with E-state index in [4.69, 9.17) is 5.11 Å². The van der Waals surface area contributed by atoms with Crippen LogP contribution in [-0.4, -0.2) is 85.2 Å². The number of hydrogen-bond donors (Lipinski definition) is 7. The molecular weight excluding hydrogens is 372 g/mol. The van der Waals surface area contributed by atoms with E-state index in [1.54, 1.807) is 0 Å². The molecule has 7 N–H and O–H groups in total. The van der Waals surface area contributed by atoms with Crippen LogP contribution in [0, 0.1) is 6.92 Å². The minimum absolute atomic E-state index is 0.110.